The summed E-state index contributed by atoms with van der Waals surface area (Å²) in [5.41, 5.74) is 0.940. The van der Waals surface area contributed by atoms with Crippen molar-refractivity contribution >= 4 is 0 Å². The van der Waals surface area contributed by atoms with Gasteiger partial charge in [-0.25, -0.2) is 0 Å². The van der Waals surface area contributed by atoms with E-state index < -0.39 is 0 Å². The lowest BCUT2D eigenvalue weighted by Gasteiger charge is -2.05. The van der Waals surface area contributed by atoms with Crippen LogP contribution in [0.25, 0.3) is 0 Å². The SMILES string of the molecule is CCc1occc1C(O)CC. The number of rotatable bonds is 3. The monoisotopic (exact) mass is 154 g/mol. The zero-order valence-electron chi connectivity index (χ0n) is 7.00. The van der Waals surface area contributed by atoms with Gasteiger partial charge < -0.3 is 9.52 Å². The molecule has 0 amide bonds. The Hall–Kier alpha value is -0.760. The number of aliphatic hydroxyl groups excluding tert-OH is 1. The summed E-state index contributed by atoms with van der Waals surface area (Å²) in [5, 5.41) is 9.47. The molecule has 0 aliphatic carbocycles. The van der Waals surface area contributed by atoms with Crippen LogP contribution in [0.2, 0.25) is 0 Å². The minimum atomic E-state index is -0.358. The molecule has 11 heavy (non-hydrogen) atoms. The van der Waals surface area contributed by atoms with Crippen molar-refractivity contribution in [3.8, 4) is 0 Å². The summed E-state index contributed by atoms with van der Waals surface area (Å²) in [4.78, 5) is 0. The van der Waals surface area contributed by atoms with Gasteiger partial charge in [-0.1, -0.05) is 13.8 Å². The summed E-state index contributed by atoms with van der Waals surface area (Å²) in [6.45, 7) is 3.97. The summed E-state index contributed by atoms with van der Waals surface area (Å²) in [6, 6.07) is 1.84. The number of aryl methyl sites for hydroxylation is 1. The summed E-state index contributed by atoms with van der Waals surface area (Å²) < 4.78 is 5.18. The van der Waals surface area contributed by atoms with Crippen LogP contribution < -0.4 is 0 Å². The van der Waals surface area contributed by atoms with Crippen molar-refractivity contribution in [2.75, 3.05) is 0 Å². The fourth-order valence-corrected chi connectivity index (χ4v) is 1.15. The quantitative estimate of drug-likeness (QED) is 0.724. The van der Waals surface area contributed by atoms with Crippen molar-refractivity contribution in [2.45, 2.75) is 32.8 Å². The lowest BCUT2D eigenvalue weighted by atomic mass is 10.1. The van der Waals surface area contributed by atoms with E-state index in [0.717, 1.165) is 24.2 Å². The van der Waals surface area contributed by atoms with E-state index in [0.29, 0.717) is 0 Å². The van der Waals surface area contributed by atoms with Crippen LogP contribution in [0.4, 0.5) is 0 Å². The fraction of sp³-hybridized carbons (Fsp3) is 0.556. The predicted octanol–water partition coefficient (Wildman–Crippen LogP) is 2.29. The van der Waals surface area contributed by atoms with E-state index in [2.05, 4.69) is 0 Å². The molecule has 0 aromatic carbocycles. The van der Waals surface area contributed by atoms with Gasteiger partial charge in [-0.3, -0.25) is 0 Å². The maximum atomic E-state index is 9.47. The van der Waals surface area contributed by atoms with Crippen LogP contribution in [0.5, 0.6) is 0 Å². The molecule has 1 aromatic rings. The molecule has 1 rings (SSSR count). The summed E-state index contributed by atoms with van der Waals surface area (Å²) >= 11 is 0. The highest BCUT2D eigenvalue weighted by Crippen LogP contribution is 2.21. The van der Waals surface area contributed by atoms with Crippen molar-refractivity contribution in [1.29, 1.82) is 0 Å². The molecule has 1 aromatic heterocycles. The van der Waals surface area contributed by atoms with Crippen molar-refractivity contribution in [1.82, 2.24) is 0 Å². The summed E-state index contributed by atoms with van der Waals surface area (Å²) in [6.07, 6.45) is 2.86. The van der Waals surface area contributed by atoms with Gasteiger partial charge in [0, 0.05) is 12.0 Å². The summed E-state index contributed by atoms with van der Waals surface area (Å²) in [7, 11) is 0. The maximum Gasteiger partial charge on any atom is 0.109 e. The van der Waals surface area contributed by atoms with Crippen molar-refractivity contribution < 1.29 is 9.52 Å². The third-order valence-electron chi connectivity index (χ3n) is 1.85. The molecule has 0 fully saturated rings. The second-order valence-electron chi connectivity index (χ2n) is 2.58. The van der Waals surface area contributed by atoms with Crippen LogP contribution >= 0.6 is 0 Å². The topological polar surface area (TPSA) is 33.4 Å². The van der Waals surface area contributed by atoms with Gasteiger partial charge in [0.1, 0.15) is 5.76 Å². The first-order valence-electron chi connectivity index (χ1n) is 4.03. The fourth-order valence-electron chi connectivity index (χ4n) is 1.15. The standard InChI is InChI=1S/C9H14O2/c1-3-8(10)7-5-6-11-9(7)4-2/h5-6,8,10H,3-4H2,1-2H3. The first-order chi connectivity index (χ1) is 5.29. The van der Waals surface area contributed by atoms with E-state index in [1.54, 1.807) is 6.26 Å². The Labute approximate surface area is 66.8 Å². The smallest absolute Gasteiger partial charge is 0.109 e. The molecule has 1 N–H and O–H groups in total. The highest BCUT2D eigenvalue weighted by molar-refractivity contribution is 5.19. The minimum Gasteiger partial charge on any atom is -0.469 e. The molecule has 0 aliphatic heterocycles. The van der Waals surface area contributed by atoms with Gasteiger partial charge in [0.05, 0.1) is 12.4 Å². The molecule has 0 saturated heterocycles. The van der Waals surface area contributed by atoms with E-state index >= 15 is 0 Å². The van der Waals surface area contributed by atoms with E-state index in [1.165, 1.54) is 0 Å². The van der Waals surface area contributed by atoms with Crippen LogP contribution in [0, 0.1) is 0 Å². The van der Waals surface area contributed by atoms with Gasteiger partial charge in [-0.2, -0.15) is 0 Å². The molecule has 2 heteroatoms. The number of hydrogen-bond acceptors (Lipinski definition) is 2. The minimum absolute atomic E-state index is 0.358. The van der Waals surface area contributed by atoms with Crippen LogP contribution in [0.3, 0.4) is 0 Å². The van der Waals surface area contributed by atoms with Crippen LogP contribution in [-0.2, 0) is 6.42 Å². The normalized spacial score (nSPS) is 13.4. The molecule has 1 heterocycles. The number of hydrogen-bond donors (Lipinski definition) is 1. The molecular weight excluding hydrogens is 140 g/mol. The third kappa shape index (κ3) is 1.63. The van der Waals surface area contributed by atoms with Gasteiger partial charge in [-0.15, -0.1) is 0 Å². The third-order valence-corrected chi connectivity index (χ3v) is 1.85. The average molecular weight is 154 g/mol. The first-order valence-corrected chi connectivity index (χ1v) is 4.03. The molecule has 62 valence electrons. The molecule has 0 bridgehead atoms. The van der Waals surface area contributed by atoms with E-state index in [9.17, 15) is 5.11 Å². The molecule has 0 spiro atoms. The van der Waals surface area contributed by atoms with Crippen LogP contribution in [-0.4, -0.2) is 5.11 Å². The van der Waals surface area contributed by atoms with Crippen molar-refractivity contribution in [2.24, 2.45) is 0 Å². The molecule has 0 radical (unpaired) electrons. The highest BCUT2D eigenvalue weighted by atomic mass is 16.3. The Kier molecular flexibility index (Phi) is 2.71. The van der Waals surface area contributed by atoms with Gasteiger partial charge in [0.25, 0.3) is 0 Å². The zero-order chi connectivity index (χ0) is 8.27. The Morgan fingerprint density at radius 2 is 2.27 bits per heavy atom. The van der Waals surface area contributed by atoms with Crippen molar-refractivity contribution in [3.05, 3.63) is 23.7 Å². The van der Waals surface area contributed by atoms with Gasteiger partial charge in [-0.05, 0) is 12.5 Å². The van der Waals surface area contributed by atoms with E-state index in [-0.39, 0.29) is 6.10 Å². The molecule has 0 saturated carbocycles. The molecule has 2 nitrogen and oxygen atoms in total. The molecule has 0 aliphatic rings. The number of furan rings is 1. The molecule has 1 atom stereocenters. The highest BCUT2D eigenvalue weighted by Gasteiger charge is 2.11. The molecular formula is C9H14O2. The second-order valence-corrected chi connectivity index (χ2v) is 2.58. The van der Waals surface area contributed by atoms with E-state index in [1.807, 2.05) is 19.9 Å². The lowest BCUT2D eigenvalue weighted by Crippen LogP contribution is -1.96. The van der Waals surface area contributed by atoms with E-state index in [4.69, 9.17) is 4.42 Å². The molecule has 1 unspecified atom stereocenters. The first kappa shape index (κ1) is 8.34. The van der Waals surface area contributed by atoms with Crippen molar-refractivity contribution in [3.63, 3.8) is 0 Å². The van der Waals surface area contributed by atoms with Gasteiger partial charge in [0.2, 0.25) is 0 Å². The van der Waals surface area contributed by atoms with Gasteiger partial charge in [0.15, 0.2) is 0 Å². The van der Waals surface area contributed by atoms with Gasteiger partial charge >= 0.3 is 0 Å². The van der Waals surface area contributed by atoms with Crippen LogP contribution in [0.15, 0.2) is 16.7 Å². The lowest BCUT2D eigenvalue weighted by molar-refractivity contribution is 0.171. The van der Waals surface area contributed by atoms with Crippen LogP contribution in [0.1, 0.15) is 37.7 Å². The Morgan fingerprint density at radius 3 is 2.82 bits per heavy atom. The Bertz CT molecular complexity index is 215. The largest absolute Gasteiger partial charge is 0.469 e. The Morgan fingerprint density at radius 1 is 1.55 bits per heavy atom. The summed E-state index contributed by atoms with van der Waals surface area (Å²) in [5.74, 6) is 0.902. The predicted molar refractivity (Wildman–Crippen MR) is 43.3 cm³/mol. The maximum absolute atomic E-state index is 9.47. The second kappa shape index (κ2) is 3.58. The number of aliphatic hydroxyl groups is 1. The Balaban J connectivity index is 2.83. The zero-order valence-corrected chi connectivity index (χ0v) is 7.00. The average Bonchev–Trinajstić information content (AvgIpc) is 2.50.